The quantitative estimate of drug-likeness (QED) is 0.403. The summed E-state index contributed by atoms with van der Waals surface area (Å²) in [5, 5.41) is 21.1. The van der Waals surface area contributed by atoms with Gasteiger partial charge in [-0.15, -0.1) is 0 Å². The van der Waals surface area contributed by atoms with Gasteiger partial charge in [-0.3, -0.25) is 14.8 Å². The van der Waals surface area contributed by atoms with E-state index in [1.54, 1.807) is 47.3 Å². The molecule has 0 saturated carbocycles. The van der Waals surface area contributed by atoms with Crippen LogP contribution in [0.5, 0.6) is 0 Å². The van der Waals surface area contributed by atoms with Crippen LogP contribution in [0.4, 0.5) is 21.6 Å². The Morgan fingerprint density at radius 3 is 2.77 bits per heavy atom. The van der Waals surface area contributed by atoms with E-state index in [1.165, 1.54) is 18.2 Å². The first-order valence-electron chi connectivity index (χ1n) is 7.60. The van der Waals surface area contributed by atoms with Gasteiger partial charge >= 0.3 is 0 Å². The van der Waals surface area contributed by atoms with Gasteiger partial charge < -0.3 is 10.6 Å². The van der Waals surface area contributed by atoms with Crippen LogP contribution < -0.4 is 10.6 Å². The largest absolute Gasteiger partial charge is 0.332 e. The molecule has 7 nitrogen and oxygen atoms in total. The van der Waals surface area contributed by atoms with Crippen LogP contribution in [0.1, 0.15) is 5.56 Å². The summed E-state index contributed by atoms with van der Waals surface area (Å²) in [5.74, 6) is 0.185. The van der Waals surface area contributed by atoms with Gasteiger partial charge in [0, 0.05) is 35.6 Å². The van der Waals surface area contributed by atoms with Crippen LogP contribution in [0.15, 0.2) is 60.8 Å². The molecule has 0 aliphatic carbocycles. The SMILES string of the molecule is O=[N+]([O-])c1cccc(NC(=S)Nc2ccn(Cc3ccccc3F)n2)c1. The fraction of sp³-hybridized carbons (Fsp3) is 0.0588. The Hall–Kier alpha value is -3.33. The predicted molar refractivity (Wildman–Crippen MR) is 101 cm³/mol. The molecule has 3 rings (SSSR count). The highest BCUT2D eigenvalue weighted by Crippen LogP contribution is 2.17. The van der Waals surface area contributed by atoms with E-state index in [9.17, 15) is 14.5 Å². The summed E-state index contributed by atoms with van der Waals surface area (Å²) in [6.07, 6.45) is 1.70. The van der Waals surface area contributed by atoms with Crippen LogP contribution in [-0.4, -0.2) is 19.8 Å². The lowest BCUT2D eigenvalue weighted by atomic mass is 10.2. The molecular formula is C17H14FN5O2S. The number of hydrogen-bond donors (Lipinski definition) is 2. The van der Waals surface area contributed by atoms with Crippen LogP contribution >= 0.6 is 12.2 Å². The lowest BCUT2D eigenvalue weighted by Gasteiger charge is -2.08. The van der Waals surface area contributed by atoms with Crippen LogP contribution in [0, 0.1) is 15.9 Å². The minimum absolute atomic E-state index is 0.0352. The molecule has 2 N–H and O–H groups in total. The first kappa shape index (κ1) is 17.5. The van der Waals surface area contributed by atoms with Crippen LogP contribution in [-0.2, 0) is 6.54 Å². The van der Waals surface area contributed by atoms with E-state index in [2.05, 4.69) is 15.7 Å². The number of aromatic nitrogens is 2. The Kier molecular flexibility index (Phi) is 5.18. The average Bonchev–Trinajstić information content (AvgIpc) is 3.04. The van der Waals surface area contributed by atoms with E-state index in [-0.39, 0.29) is 16.6 Å². The monoisotopic (exact) mass is 371 g/mol. The third kappa shape index (κ3) is 4.39. The molecule has 9 heteroatoms. The van der Waals surface area contributed by atoms with Crippen molar-refractivity contribution in [2.24, 2.45) is 0 Å². The highest BCUT2D eigenvalue weighted by atomic mass is 32.1. The third-order valence-corrected chi connectivity index (χ3v) is 3.69. The second-order valence-electron chi connectivity index (χ2n) is 5.38. The van der Waals surface area contributed by atoms with Crippen molar-refractivity contribution in [1.82, 2.24) is 9.78 Å². The van der Waals surface area contributed by atoms with E-state index < -0.39 is 4.92 Å². The standard InChI is InChI=1S/C17H14FN5O2S/c18-15-7-2-1-4-12(15)11-22-9-8-16(21-22)20-17(26)19-13-5-3-6-14(10-13)23(24)25/h1-10H,11H2,(H2,19,20,21,26). The highest BCUT2D eigenvalue weighted by molar-refractivity contribution is 7.80. The normalized spacial score (nSPS) is 10.3. The average molecular weight is 371 g/mol. The summed E-state index contributed by atoms with van der Waals surface area (Å²) in [6.45, 7) is 0.291. The Labute approximate surface area is 153 Å². The molecule has 0 spiro atoms. The molecule has 0 bridgehead atoms. The summed E-state index contributed by atoms with van der Waals surface area (Å²) < 4.78 is 15.3. The number of hydrogen-bond acceptors (Lipinski definition) is 4. The van der Waals surface area contributed by atoms with Gasteiger partial charge in [0.15, 0.2) is 10.9 Å². The molecule has 1 heterocycles. The highest BCUT2D eigenvalue weighted by Gasteiger charge is 2.08. The number of nitro groups is 1. The first-order chi connectivity index (χ1) is 12.5. The lowest BCUT2D eigenvalue weighted by Crippen LogP contribution is -2.19. The number of rotatable bonds is 5. The molecule has 0 fully saturated rings. The number of nitrogens with zero attached hydrogens (tertiary/aromatic N) is 3. The number of benzene rings is 2. The summed E-state index contributed by atoms with van der Waals surface area (Å²) in [6, 6.07) is 14.2. The van der Waals surface area contributed by atoms with Gasteiger partial charge in [0.1, 0.15) is 5.82 Å². The van der Waals surface area contributed by atoms with Crippen molar-refractivity contribution in [2.75, 3.05) is 10.6 Å². The Bertz CT molecular complexity index is 960. The fourth-order valence-corrected chi connectivity index (χ4v) is 2.52. The minimum Gasteiger partial charge on any atom is -0.332 e. The van der Waals surface area contributed by atoms with Gasteiger partial charge in [-0.05, 0) is 24.4 Å². The maximum absolute atomic E-state index is 13.7. The summed E-state index contributed by atoms with van der Waals surface area (Å²) in [5.41, 5.74) is 0.980. The number of nitro benzene ring substituents is 1. The maximum Gasteiger partial charge on any atom is 0.271 e. The summed E-state index contributed by atoms with van der Waals surface area (Å²) in [4.78, 5) is 10.3. The van der Waals surface area contributed by atoms with Gasteiger partial charge in [-0.1, -0.05) is 24.3 Å². The molecule has 132 valence electrons. The second kappa shape index (κ2) is 7.70. The van der Waals surface area contributed by atoms with Crippen LogP contribution in [0.2, 0.25) is 0 Å². The van der Waals surface area contributed by atoms with E-state index in [4.69, 9.17) is 12.2 Å². The van der Waals surface area contributed by atoms with Crippen molar-refractivity contribution in [2.45, 2.75) is 6.54 Å². The number of anilines is 2. The molecule has 26 heavy (non-hydrogen) atoms. The Morgan fingerprint density at radius 1 is 1.19 bits per heavy atom. The maximum atomic E-state index is 13.7. The van der Waals surface area contributed by atoms with E-state index in [0.717, 1.165) is 0 Å². The zero-order valence-corrected chi connectivity index (χ0v) is 14.2. The van der Waals surface area contributed by atoms with E-state index in [1.807, 2.05) is 0 Å². The minimum atomic E-state index is -0.480. The molecule has 0 aliphatic rings. The number of halogens is 1. The van der Waals surface area contributed by atoms with E-state index in [0.29, 0.717) is 23.6 Å². The van der Waals surface area contributed by atoms with Gasteiger partial charge in [0.25, 0.3) is 5.69 Å². The molecule has 2 aromatic carbocycles. The molecule has 0 unspecified atom stereocenters. The molecule has 3 aromatic rings. The molecule has 0 aliphatic heterocycles. The van der Waals surface area contributed by atoms with Gasteiger partial charge in [-0.25, -0.2) is 4.39 Å². The molecular weight excluding hydrogens is 357 g/mol. The first-order valence-corrected chi connectivity index (χ1v) is 8.01. The number of non-ortho nitro benzene ring substituents is 1. The van der Waals surface area contributed by atoms with Crippen molar-refractivity contribution < 1.29 is 9.31 Å². The zero-order chi connectivity index (χ0) is 18.5. The number of nitrogens with one attached hydrogen (secondary N) is 2. The smallest absolute Gasteiger partial charge is 0.271 e. The zero-order valence-electron chi connectivity index (χ0n) is 13.4. The van der Waals surface area contributed by atoms with Crippen molar-refractivity contribution in [1.29, 1.82) is 0 Å². The predicted octanol–water partition coefficient (Wildman–Crippen LogP) is 3.79. The van der Waals surface area contributed by atoms with E-state index >= 15 is 0 Å². The topological polar surface area (TPSA) is 85.0 Å². The molecule has 1 aromatic heterocycles. The van der Waals surface area contributed by atoms with Crippen LogP contribution in [0.3, 0.4) is 0 Å². The Morgan fingerprint density at radius 2 is 2.00 bits per heavy atom. The Balaban J connectivity index is 1.62. The summed E-state index contributed by atoms with van der Waals surface area (Å²) >= 11 is 5.19. The fourth-order valence-electron chi connectivity index (χ4n) is 2.29. The van der Waals surface area contributed by atoms with Gasteiger partial charge in [-0.2, -0.15) is 5.10 Å². The third-order valence-electron chi connectivity index (χ3n) is 3.49. The molecule has 0 atom stereocenters. The van der Waals surface area contributed by atoms with Crippen molar-refractivity contribution in [3.63, 3.8) is 0 Å². The number of thiocarbonyl (C=S) groups is 1. The molecule has 0 amide bonds. The van der Waals surface area contributed by atoms with Crippen LogP contribution in [0.25, 0.3) is 0 Å². The van der Waals surface area contributed by atoms with Gasteiger partial charge in [0.05, 0.1) is 11.5 Å². The second-order valence-corrected chi connectivity index (χ2v) is 5.78. The van der Waals surface area contributed by atoms with Crippen molar-refractivity contribution in [3.8, 4) is 0 Å². The molecule has 0 radical (unpaired) electrons. The van der Waals surface area contributed by atoms with Crippen molar-refractivity contribution in [3.05, 3.63) is 82.3 Å². The molecule has 0 saturated heterocycles. The lowest BCUT2D eigenvalue weighted by molar-refractivity contribution is -0.384. The van der Waals surface area contributed by atoms with Gasteiger partial charge in [0.2, 0.25) is 0 Å². The summed E-state index contributed by atoms with van der Waals surface area (Å²) in [7, 11) is 0. The van der Waals surface area contributed by atoms with Crippen molar-refractivity contribution >= 4 is 34.5 Å².